The van der Waals surface area contributed by atoms with E-state index in [0.717, 1.165) is 22.7 Å². The Morgan fingerprint density at radius 3 is 2.67 bits per heavy atom. The van der Waals surface area contributed by atoms with Crippen LogP contribution in [0.2, 0.25) is 0 Å². The van der Waals surface area contributed by atoms with Gasteiger partial charge in [0.25, 0.3) is 0 Å². The van der Waals surface area contributed by atoms with E-state index in [4.69, 9.17) is 9.47 Å². The van der Waals surface area contributed by atoms with Crippen LogP contribution in [-0.4, -0.2) is 19.3 Å². The van der Waals surface area contributed by atoms with E-state index in [0.29, 0.717) is 19.6 Å². The molecule has 3 rings (SSSR count). The lowest BCUT2D eigenvalue weighted by molar-refractivity contribution is 0.171. The molecule has 0 aliphatic carbocycles. The summed E-state index contributed by atoms with van der Waals surface area (Å²) < 4.78 is 24.7. The Morgan fingerprint density at radius 1 is 1.10 bits per heavy atom. The molecule has 1 unspecified atom stereocenters. The second-order valence-electron chi connectivity index (χ2n) is 5.20. The molecule has 3 nitrogen and oxygen atoms in total. The first kappa shape index (κ1) is 13.7. The van der Waals surface area contributed by atoms with Crippen LogP contribution >= 0.6 is 0 Å². The maximum absolute atomic E-state index is 13.6. The van der Waals surface area contributed by atoms with Gasteiger partial charge in [0.1, 0.15) is 19.0 Å². The number of ether oxygens (including phenoxy) is 2. The van der Waals surface area contributed by atoms with Gasteiger partial charge in [-0.25, -0.2) is 4.39 Å². The minimum atomic E-state index is -0.159. The standard InChI is InChI=1S/C17H18FNO2/c1-12(10-13-4-2-3-5-15(13)18)19-14-6-7-16-17(11-14)21-9-8-20-16/h2-7,11-12,19H,8-10H2,1H3. The molecular weight excluding hydrogens is 269 g/mol. The van der Waals surface area contributed by atoms with E-state index in [2.05, 4.69) is 5.32 Å². The van der Waals surface area contributed by atoms with Crippen LogP contribution in [0.3, 0.4) is 0 Å². The van der Waals surface area contributed by atoms with Crippen molar-refractivity contribution < 1.29 is 13.9 Å². The van der Waals surface area contributed by atoms with Gasteiger partial charge < -0.3 is 14.8 Å². The molecule has 1 atom stereocenters. The Labute approximate surface area is 123 Å². The van der Waals surface area contributed by atoms with Gasteiger partial charge in [-0.05, 0) is 37.1 Å². The summed E-state index contributed by atoms with van der Waals surface area (Å²) in [5.74, 6) is 1.37. The number of halogens is 1. The molecule has 0 fully saturated rings. The van der Waals surface area contributed by atoms with Gasteiger partial charge in [0, 0.05) is 17.8 Å². The zero-order valence-corrected chi connectivity index (χ0v) is 11.9. The molecule has 0 spiro atoms. The van der Waals surface area contributed by atoms with Gasteiger partial charge in [-0.3, -0.25) is 0 Å². The largest absolute Gasteiger partial charge is 0.486 e. The van der Waals surface area contributed by atoms with Crippen molar-refractivity contribution in [2.45, 2.75) is 19.4 Å². The second kappa shape index (κ2) is 6.04. The molecule has 0 saturated heterocycles. The highest BCUT2D eigenvalue weighted by atomic mass is 19.1. The fourth-order valence-corrected chi connectivity index (χ4v) is 2.46. The molecule has 1 heterocycles. The Balaban J connectivity index is 1.67. The van der Waals surface area contributed by atoms with Crippen LogP contribution in [0.4, 0.5) is 10.1 Å². The molecule has 2 aromatic rings. The summed E-state index contributed by atoms with van der Waals surface area (Å²) in [6.07, 6.45) is 0.626. The van der Waals surface area contributed by atoms with Crippen LogP contribution in [0.1, 0.15) is 12.5 Å². The number of benzene rings is 2. The lowest BCUT2D eigenvalue weighted by Gasteiger charge is -2.21. The van der Waals surface area contributed by atoms with Crippen LogP contribution in [0.25, 0.3) is 0 Å². The number of fused-ring (bicyclic) bond motifs is 1. The van der Waals surface area contributed by atoms with Crippen molar-refractivity contribution >= 4 is 5.69 Å². The normalized spacial score (nSPS) is 14.6. The smallest absolute Gasteiger partial charge is 0.163 e. The third-order valence-electron chi connectivity index (χ3n) is 3.44. The van der Waals surface area contributed by atoms with Gasteiger partial charge >= 0.3 is 0 Å². The Bertz CT molecular complexity index is 630. The van der Waals surface area contributed by atoms with Gasteiger partial charge in [0.2, 0.25) is 0 Å². The van der Waals surface area contributed by atoms with E-state index in [1.807, 2.05) is 37.3 Å². The quantitative estimate of drug-likeness (QED) is 0.931. The van der Waals surface area contributed by atoms with Crippen molar-refractivity contribution in [2.24, 2.45) is 0 Å². The van der Waals surface area contributed by atoms with E-state index in [9.17, 15) is 4.39 Å². The predicted octanol–water partition coefficient (Wildman–Crippen LogP) is 3.64. The molecule has 0 amide bonds. The molecule has 2 aromatic carbocycles. The highest BCUT2D eigenvalue weighted by Crippen LogP contribution is 2.32. The molecule has 1 aliphatic rings. The van der Waals surface area contributed by atoms with E-state index >= 15 is 0 Å². The number of hydrogen-bond acceptors (Lipinski definition) is 3. The molecule has 1 N–H and O–H groups in total. The third-order valence-corrected chi connectivity index (χ3v) is 3.44. The second-order valence-corrected chi connectivity index (χ2v) is 5.20. The Kier molecular flexibility index (Phi) is 3.95. The van der Waals surface area contributed by atoms with Gasteiger partial charge in [-0.1, -0.05) is 18.2 Å². The lowest BCUT2D eigenvalue weighted by atomic mass is 10.1. The Hall–Kier alpha value is -2.23. The molecule has 4 heteroatoms. The molecule has 21 heavy (non-hydrogen) atoms. The topological polar surface area (TPSA) is 30.5 Å². The molecule has 0 aromatic heterocycles. The zero-order chi connectivity index (χ0) is 14.7. The summed E-state index contributed by atoms with van der Waals surface area (Å²) in [5, 5.41) is 3.37. The van der Waals surface area contributed by atoms with Gasteiger partial charge in [0.05, 0.1) is 0 Å². The van der Waals surface area contributed by atoms with Crippen LogP contribution in [-0.2, 0) is 6.42 Å². The molecule has 0 bridgehead atoms. The predicted molar refractivity (Wildman–Crippen MR) is 80.6 cm³/mol. The summed E-state index contributed by atoms with van der Waals surface area (Å²) in [7, 11) is 0. The van der Waals surface area contributed by atoms with Crippen LogP contribution in [0.5, 0.6) is 11.5 Å². The summed E-state index contributed by atoms with van der Waals surface area (Å²) in [6, 6.07) is 12.8. The highest BCUT2D eigenvalue weighted by Gasteiger charge is 2.13. The minimum Gasteiger partial charge on any atom is -0.486 e. The van der Waals surface area contributed by atoms with E-state index < -0.39 is 0 Å². The Morgan fingerprint density at radius 2 is 1.86 bits per heavy atom. The van der Waals surface area contributed by atoms with E-state index in [1.54, 1.807) is 6.07 Å². The summed E-state index contributed by atoms with van der Waals surface area (Å²) in [4.78, 5) is 0. The van der Waals surface area contributed by atoms with Crippen molar-refractivity contribution in [3.05, 3.63) is 53.8 Å². The molecule has 0 radical (unpaired) electrons. The van der Waals surface area contributed by atoms with Crippen LogP contribution in [0, 0.1) is 5.82 Å². The van der Waals surface area contributed by atoms with Gasteiger partial charge in [0.15, 0.2) is 11.5 Å². The first-order valence-corrected chi connectivity index (χ1v) is 7.12. The minimum absolute atomic E-state index is 0.115. The van der Waals surface area contributed by atoms with Crippen LogP contribution < -0.4 is 14.8 Å². The maximum atomic E-state index is 13.6. The fourth-order valence-electron chi connectivity index (χ4n) is 2.46. The monoisotopic (exact) mass is 287 g/mol. The van der Waals surface area contributed by atoms with Crippen LogP contribution in [0.15, 0.2) is 42.5 Å². The fraction of sp³-hybridized carbons (Fsp3) is 0.294. The number of anilines is 1. The SMILES string of the molecule is CC(Cc1ccccc1F)Nc1ccc2c(c1)OCCO2. The maximum Gasteiger partial charge on any atom is 0.163 e. The van der Waals surface area contributed by atoms with Crippen molar-refractivity contribution in [2.75, 3.05) is 18.5 Å². The first-order valence-electron chi connectivity index (χ1n) is 7.12. The molecule has 1 aliphatic heterocycles. The van der Waals surface area contributed by atoms with E-state index in [1.165, 1.54) is 6.07 Å². The lowest BCUT2D eigenvalue weighted by Crippen LogP contribution is -2.19. The van der Waals surface area contributed by atoms with Gasteiger partial charge in [-0.2, -0.15) is 0 Å². The van der Waals surface area contributed by atoms with E-state index in [-0.39, 0.29) is 11.9 Å². The number of rotatable bonds is 4. The summed E-state index contributed by atoms with van der Waals surface area (Å²) in [6.45, 7) is 3.19. The highest BCUT2D eigenvalue weighted by molar-refractivity contribution is 5.55. The third kappa shape index (κ3) is 3.27. The number of hydrogen-bond donors (Lipinski definition) is 1. The molecule has 110 valence electrons. The van der Waals surface area contributed by atoms with Crippen molar-refractivity contribution in [1.82, 2.24) is 0 Å². The first-order chi connectivity index (χ1) is 10.2. The zero-order valence-electron chi connectivity index (χ0n) is 11.9. The molecular formula is C17H18FNO2. The summed E-state index contributed by atoms with van der Waals surface area (Å²) >= 11 is 0. The summed E-state index contributed by atoms with van der Waals surface area (Å²) in [5.41, 5.74) is 1.66. The van der Waals surface area contributed by atoms with Gasteiger partial charge in [-0.15, -0.1) is 0 Å². The average molecular weight is 287 g/mol. The average Bonchev–Trinajstić information content (AvgIpc) is 2.49. The molecule has 0 saturated carbocycles. The van der Waals surface area contributed by atoms with Crippen molar-refractivity contribution in [3.63, 3.8) is 0 Å². The van der Waals surface area contributed by atoms with Crippen molar-refractivity contribution in [3.8, 4) is 11.5 Å². The number of nitrogens with one attached hydrogen (secondary N) is 1. The van der Waals surface area contributed by atoms with Crippen molar-refractivity contribution in [1.29, 1.82) is 0 Å².